The molecule has 0 aliphatic heterocycles. The summed E-state index contributed by atoms with van der Waals surface area (Å²) >= 11 is 0. The number of nitriles is 1. The highest BCUT2D eigenvalue weighted by Gasteiger charge is 2.44. The highest BCUT2D eigenvalue weighted by molar-refractivity contribution is 5.95. The van der Waals surface area contributed by atoms with Gasteiger partial charge in [-0.15, -0.1) is 5.10 Å². The first-order chi connectivity index (χ1) is 17.0. The second-order valence-corrected chi connectivity index (χ2v) is 8.84. The average Bonchev–Trinajstić information content (AvgIpc) is 3.60. The summed E-state index contributed by atoms with van der Waals surface area (Å²) in [6, 6.07) is 27.8. The largest absolute Gasteiger partial charge is 0.441 e. The maximum absolute atomic E-state index is 13.3. The van der Waals surface area contributed by atoms with Gasteiger partial charge in [0.1, 0.15) is 11.8 Å². The van der Waals surface area contributed by atoms with Crippen LogP contribution in [0.3, 0.4) is 0 Å². The average molecular weight is 464 g/mol. The van der Waals surface area contributed by atoms with Crippen molar-refractivity contribution >= 4 is 17.6 Å². The zero-order chi connectivity index (χ0) is 24.4. The van der Waals surface area contributed by atoms with Gasteiger partial charge in [-0.2, -0.15) is 5.26 Å². The van der Waals surface area contributed by atoms with Gasteiger partial charge in [-0.25, -0.2) is 14.8 Å². The second-order valence-electron chi connectivity index (χ2n) is 8.84. The number of nitrogens with one attached hydrogen (secondary N) is 1. The van der Waals surface area contributed by atoms with Crippen LogP contribution in [0.4, 0.5) is 16.3 Å². The Bertz CT molecular complexity index is 1370. The van der Waals surface area contributed by atoms with Crippen LogP contribution < -0.4 is 4.90 Å². The van der Waals surface area contributed by atoms with Gasteiger partial charge in [0.25, 0.3) is 0 Å². The molecular weight excluding hydrogens is 438 g/mol. The Hall–Kier alpha value is -4.44. The van der Waals surface area contributed by atoms with Gasteiger partial charge >= 0.3 is 6.09 Å². The van der Waals surface area contributed by atoms with Crippen molar-refractivity contribution in [2.45, 2.75) is 38.2 Å². The number of anilines is 2. The summed E-state index contributed by atoms with van der Waals surface area (Å²) < 4.78 is 5.79. The lowest BCUT2D eigenvalue weighted by molar-refractivity contribution is 0.116. The number of aryl methyl sites for hydroxylation is 1. The lowest BCUT2D eigenvalue weighted by Gasteiger charge is -2.23. The third kappa shape index (κ3) is 4.38. The van der Waals surface area contributed by atoms with Crippen LogP contribution in [-0.4, -0.2) is 21.5 Å². The minimum atomic E-state index is -0.529. The molecule has 174 valence electrons. The monoisotopic (exact) mass is 463 g/mol. The molecule has 1 aliphatic carbocycles. The summed E-state index contributed by atoms with van der Waals surface area (Å²) in [6.07, 6.45) is 0.893. The van der Waals surface area contributed by atoms with Crippen LogP contribution in [0.1, 0.15) is 42.7 Å². The summed E-state index contributed by atoms with van der Waals surface area (Å²) in [4.78, 5) is 14.8. The first-order valence-electron chi connectivity index (χ1n) is 11.6. The molecule has 1 fully saturated rings. The normalized spacial score (nSPS) is 14.5. The van der Waals surface area contributed by atoms with E-state index in [9.17, 15) is 10.1 Å². The minimum absolute atomic E-state index is 0.296. The molecule has 0 spiro atoms. The predicted octanol–water partition coefficient (Wildman–Crippen LogP) is 6.37. The molecule has 3 aromatic carbocycles. The molecule has 0 saturated heterocycles. The molecule has 1 heterocycles. The summed E-state index contributed by atoms with van der Waals surface area (Å²) in [5.74, 6) is 0.457. The summed E-state index contributed by atoms with van der Waals surface area (Å²) in [7, 11) is 0. The van der Waals surface area contributed by atoms with E-state index in [1.807, 2.05) is 85.8 Å². The Morgan fingerprint density at radius 3 is 2.20 bits per heavy atom. The van der Waals surface area contributed by atoms with Crippen LogP contribution >= 0.6 is 0 Å². The molecular formula is C28H25N5O2. The van der Waals surface area contributed by atoms with E-state index in [1.54, 1.807) is 6.92 Å². The second kappa shape index (κ2) is 9.07. The quantitative estimate of drug-likeness (QED) is 0.358. The highest BCUT2D eigenvalue weighted by Crippen LogP contribution is 2.47. The lowest BCUT2D eigenvalue weighted by Crippen LogP contribution is -2.28. The number of carbonyl (C=O) groups excluding carboxylic acids is 1. The van der Waals surface area contributed by atoms with Crippen molar-refractivity contribution in [1.29, 1.82) is 5.26 Å². The Balaban J connectivity index is 1.40. The SMILES string of the molecule is Cc1nn[nH]c1N(C(=O)O[C@H](C)c1ccccc1)c1ccc(-c2ccc(C3(C#N)CC3)cc2)cc1. The summed E-state index contributed by atoms with van der Waals surface area (Å²) in [5.41, 5.74) is 4.95. The minimum Gasteiger partial charge on any atom is -0.441 e. The van der Waals surface area contributed by atoms with Crippen LogP contribution in [0, 0.1) is 18.3 Å². The van der Waals surface area contributed by atoms with Crippen molar-refractivity contribution in [2.75, 3.05) is 4.90 Å². The molecule has 1 atom stereocenters. The third-order valence-electron chi connectivity index (χ3n) is 6.51. The number of carbonyl (C=O) groups is 1. The van der Waals surface area contributed by atoms with E-state index in [2.05, 4.69) is 21.5 Å². The first-order valence-corrected chi connectivity index (χ1v) is 11.6. The van der Waals surface area contributed by atoms with Crippen molar-refractivity contribution in [3.8, 4) is 17.2 Å². The number of H-pyrrole nitrogens is 1. The fourth-order valence-corrected chi connectivity index (χ4v) is 4.18. The summed E-state index contributed by atoms with van der Waals surface area (Å²) in [6.45, 7) is 3.62. The maximum Gasteiger partial charge on any atom is 0.420 e. The zero-order valence-electron chi connectivity index (χ0n) is 19.6. The maximum atomic E-state index is 13.3. The van der Waals surface area contributed by atoms with Crippen LogP contribution in [-0.2, 0) is 10.2 Å². The topological polar surface area (TPSA) is 94.9 Å². The molecule has 5 rings (SSSR count). The van der Waals surface area contributed by atoms with E-state index in [4.69, 9.17) is 4.74 Å². The molecule has 0 bridgehead atoms. The molecule has 35 heavy (non-hydrogen) atoms. The van der Waals surface area contributed by atoms with E-state index in [0.29, 0.717) is 17.2 Å². The van der Waals surface area contributed by atoms with Gasteiger partial charge in [0.2, 0.25) is 0 Å². The fraction of sp³-hybridized carbons (Fsp3) is 0.214. The van der Waals surface area contributed by atoms with E-state index in [1.165, 1.54) is 4.90 Å². The number of hydrogen-bond donors (Lipinski definition) is 1. The number of amides is 1. The van der Waals surface area contributed by atoms with Crippen LogP contribution in [0.25, 0.3) is 11.1 Å². The molecule has 1 aliphatic rings. The van der Waals surface area contributed by atoms with Crippen molar-refractivity contribution < 1.29 is 9.53 Å². The number of rotatable bonds is 6. The fourth-order valence-electron chi connectivity index (χ4n) is 4.18. The molecule has 7 heteroatoms. The number of ether oxygens (including phenoxy) is 1. The van der Waals surface area contributed by atoms with Crippen LogP contribution in [0.15, 0.2) is 78.9 Å². The predicted molar refractivity (Wildman–Crippen MR) is 133 cm³/mol. The van der Waals surface area contributed by atoms with Crippen molar-refractivity contribution in [3.05, 3.63) is 95.7 Å². The van der Waals surface area contributed by atoms with Gasteiger partial charge in [0, 0.05) is 0 Å². The van der Waals surface area contributed by atoms with Crippen LogP contribution in [0.2, 0.25) is 0 Å². The van der Waals surface area contributed by atoms with Gasteiger partial charge in [0.05, 0.1) is 17.2 Å². The number of aromatic nitrogens is 3. The van der Waals surface area contributed by atoms with E-state index in [0.717, 1.165) is 35.1 Å². The van der Waals surface area contributed by atoms with Gasteiger partial charge in [-0.3, -0.25) is 0 Å². The van der Waals surface area contributed by atoms with Crippen molar-refractivity contribution in [2.24, 2.45) is 0 Å². The molecule has 7 nitrogen and oxygen atoms in total. The molecule has 0 radical (unpaired) electrons. The molecule has 1 aromatic heterocycles. The van der Waals surface area contributed by atoms with Gasteiger partial charge in [0.15, 0.2) is 5.82 Å². The lowest BCUT2D eigenvalue weighted by atomic mass is 9.95. The van der Waals surface area contributed by atoms with E-state index < -0.39 is 12.2 Å². The first kappa shape index (κ1) is 22.4. The summed E-state index contributed by atoms with van der Waals surface area (Å²) in [5, 5.41) is 20.1. The standard InChI is InChI=1S/C28H25N5O2/c1-19-26(31-32-30-19)33(27(34)35-20(2)21-6-4-3-5-7-21)25-14-10-23(11-15-25)22-8-12-24(13-9-22)28(18-29)16-17-28/h3-15,20H,16-17H2,1-2H3,(H,30,31,32)/t20-/m1/s1. The van der Waals surface area contributed by atoms with E-state index in [-0.39, 0.29) is 5.41 Å². The Kier molecular flexibility index (Phi) is 5.79. The highest BCUT2D eigenvalue weighted by atomic mass is 16.6. The van der Waals surface area contributed by atoms with E-state index >= 15 is 0 Å². The number of nitrogens with zero attached hydrogens (tertiary/aromatic N) is 4. The van der Waals surface area contributed by atoms with Gasteiger partial charge in [-0.1, -0.05) is 71.9 Å². The van der Waals surface area contributed by atoms with Crippen LogP contribution in [0.5, 0.6) is 0 Å². The molecule has 1 N–H and O–H groups in total. The Morgan fingerprint density at radius 2 is 1.66 bits per heavy atom. The van der Waals surface area contributed by atoms with Gasteiger partial charge in [-0.05, 0) is 61.1 Å². The number of benzene rings is 3. The molecule has 4 aromatic rings. The molecule has 0 unspecified atom stereocenters. The number of hydrogen-bond acceptors (Lipinski definition) is 5. The zero-order valence-corrected chi connectivity index (χ0v) is 19.6. The van der Waals surface area contributed by atoms with Crippen molar-refractivity contribution in [3.63, 3.8) is 0 Å². The Labute approximate surface area is 204 Å². The number of aromatic amines is 1. The molecule has 1 amide bonds. The smallest absolute Gasteiger partial charge is 0.420 e. The molecule has 1 saturated carbocycles. The van der Waals surface area contributed by atoms with Crippen molar-refractivity contribution in [1.82, 2.24) is 15.4 Å². The Morgan fingerprint density at radius 1 is 1.03 bits per heavy atom. The van der Waals surface area contributed by atoms with Gasteiger partial charge < -0.3 is 4.74 Å². The third-order valence-corrected chi connectivity index (χ3v) is 6.51.